The highest BCUT2D eigenvalue weighted by Crippen LogP contribution is 2.19. The van der Waals surface area contributed by atoms with Gasteiger partial charge in [0, 0.05) is 10.9 Å². The largest absolute Gasteiger partial charge is 0.493 e. The predicted molar refractivity (Wildman–Crippen MR) is 69.1 cm³/mol. The van der Waals surface area contributed by atoms with Crippen molar-refractivity contribution < 1.29 is 4.74 Å². The van der Waals surface area contributed by atoms with Crippen LogP contribution >= 0.6 is 24.2 Å². The van der Waals surface area contributed by atoms with Crippen molar-refractivity contribution in [1.82, 2.24) is 0 Å². The van der Waals surface area contributed by atoms with E-state index in [2.05, 4.69) is 26.5 Å². The molecule has 0 aliphatic carbocycles. The van der Waals surface area contributed by atoms with Crippen LogP contribution in [-0.2, 0) is 0 Å². The molecule has 0 heterocycles. The SMILES string of the molecule is CC(C)C(CS)COc1cccc(Cl)c1. The zero-order valence-electron chi connectivity index (χ0n) is 9.11. The molecule has 15 heavy (non-hydrogen) atoms. The van der Waals surface area contributed by atoms with E-state index in [9.17, 15) is 0 Å². The number of hydrogen-bond donors (Lipinski definition) is 1. The summed E-state index contributed by atoms with van der Waals surface area (Å²) in [7, 11) is 0. The quantitative estimate of drug-likeness (QED) is 0.773. The van der Waals surface area contributed by atoms with Crippen LogP contribution in [0.4, 0.5) is 0 Å². The van der Waals surface area contributed by atoms with E-state index < -0.39 is 0 Å². The van der Waals surface area contributed by atoms with Crippen LogP contribution in [0.25, 0.3) is 0 Å². The fourth-order valence-electron chi connectivity index (χ4n) is 1.22. The summed E-state index contributed by atoms with van der Waals surface area (Å²) < 4.78 is 5.67. The second-order valence-electron chi connectivity index (χ2n) is 3.96. The normalized spacial score (nSPS) is 12.9. The van der Waals surface area contributed by atoms with Gasteiger partial charge in [0.15, 0.2) is 0 Å². The Kier molecular flexibility index (Phi) is 5.34. The summed E-state index contributed by atoms with van der Waals surface area (Å²) in [6.07, 6.45) is 0. The third-order valence-corrected chi connectivity index (χ3v) is 3.14. The molecule has 0 aromatic heterocycles. The summed E-state index contributed by atoms with van der Waals surface area (Å²) in [6, 6.07) is 7.48. The summed E-state index contributed by atoms with van der Waals surface area (Å²) in [5, 5.41) is 0.708. The van der Waals surface area contributed by atoms with Gasteiger partial charge in [0.25, 0.3) is 0 Å². The molecule has 1 rings (SSSR count). The van der Waals surface area contributed by atoms with Crippen molar-refractivity contribution in [2.75, 3.05) is 12.4 Å². The Morgan fingerprint density at radius 1 is 1.40 bits per heavy atom. The van der Waals surface area contributed by atoms with E-state index in [4.69, 9.17) is 16.3 Å². The van der Waals surface area contributed by atoms with Crippen LogP contribution in [0.5, 0.6) is 5.75 Å². The molecule has 1 aromatic rings. The van der Waals surface area contributed by atoms with Crippen molar-refractivity contribution in [2.45, 2.75) is 13.8 Å². The second-order valence-corrected chi connectivity index (χ2v) is 4.76. The van der Waals surface area contributed by atoms with Gasteiger partial charge in [-0.2, -0.15) is 12.6 Å². The number of hydrogen-bond acceptors (Lipinski definition) is 2. The minimum Gasteiger partial charge on any atom is -0.493 e. The van der Waals surface area contributed by atoms with E-state index in [1.54, 1.807) is 0 Å². The van der Waals surface area contributed by atoms with Gasteiger partial charge in [0.1, 0.15) is 5.75 Å². The Morgan fingerprint density at radius 2 is 2.13 bits per heavy atom. The van der Waals surface area contributed by atoms with Crippen LogP contribution in [0.15, 0.2) is 24.3 Å². The minimum absolute atomic E-state index is 0.479. The first-order valence-electron chi connectivity index (χ1n) is 5.12. The molecule has 1 aromatic carbocycles. The van der Waals surface area contributed by atoms with E-state index in [1.165, 1.54) is 0 Å². The Morgan fingerprint density at radius 3 is 2.67 bits per heavy atom. The van der Waals surface area contributed by atoms with Gasteiger partial charge in [-0.3, -0.25) is 0 Å². The summed E-state index contributed by atoms with van der Waals surface area (Å²) >= 11 is 10.2. The zero-order chi connectivity index (χ0) is 11.3. The van der Waals surface area contributed by atoms with Gasteiger partial charge in [-0.1, -0.05) is 31.5 Å². The third-order valence-electron chi connectivity index (χ3n) is 2.44. The van der Waals surface area contributed by atoms with Crippen LogP contribution < -0.4 is 4.74 Å². The summed E-state index contributed by atoms with van der Waals surface area (Å²) in [4.78, 5) is 0. The third kappa shape index (κ3) is 4.35. The predicted octanol–water partition coefficient (Wildman–Crippen LogP) is 3.92. The monoisotopic (exact) mass is 244 g/mol. The van der Waals surface area contributed by atoms with Crippen molar-refractivity contribution in [1.29, 1.82) is 0 Å². The molecule has 1 nitrogen and oxygen atoms in total. The van der Waals surface area contributed by atoms with E-state index in [0.717, 1.165) is 11.5 Å². The number of halogens is 1. The van der Waals surface area contributed by atoms with Crippen LogP contribution in [0, 0.1) is 11.8 Å². The summed E-state index contributed by atoms with van der Waals surface area (Å²) in [5.74, 6) is 2.74. The molecule has 1 unspecified atom stereocenters. The van der Waals surface area contributed by atoms with Gasteiger partial charge < -0.3 is 4.74 Å². The van der Waals surface area contributed by atoms with Crippen LogP contribution in [0.2, 0.25) is 5.02 Å². The van der Waals surface area contributed by atoms with Crippen molar-refractivity contribution in [2.24, 2.45) is 11.8 Å². The zero-order valence-corrected chi connectivity index (χ0v) is 10.8. The van der Waals surface area contributed by atoms with Gasteiger partial charge in [0.05, 0.1) is 6.61 Å². The highest BCUT2D eigenvalue weighted by atomic mass is 35.5. The van der Waals surface area contributed by atoms with Crippen molar-refractivity contribution in [3.8, 4) is 5.75 Å². The Balaban J connectivity index is 2.49. The molecule has 0 N–H and O–H groups in total. The fraction of sp³-hybridized carbons (Fsp3) is 0.500. The Bertz CT molecular complexity index is 301. The Labute approximate surface area is 102 Å². The lowest BCUT2D eigenvalue weighted by Gasteiger charge is -2.18. The van der Waals surface area contributed by atoms with E-state index in [0.29, 0.717) is 23.5 Å². The van der Waals surface area contributed by atoms with Gasteiger partial charge >= 0.3 is 0 Å². The fourth-order valence-corrected chi connectivity index (χ4v) is 1.92. The molecule has 0 fully saturated rings. The average molecular weight is 245 g/mol. The van der Waals surface area contributed by atoms with Crippen molar-refractivity contribution in [3.05, 3.63) is 29.3 Å². The van der Waals surface area contributed by atoms with E-state index in [-0.39, 0.29) is 0 Å². The molecule has 0 amide bonds. The molecule has 1 atom stereocenters. The highest BCUT2D eigenvalue weighted by molar-refractivity contribution is 7.80. The maximum absolute atomic E-state index is 5.86. The van der Waals surface area contributed by atoms with Crippen LogP contribution in [0.1, 0.15) is 13.8 Å². The average Bonchev–Trinajstić information content (AvgIpc) is 2.18. The molecule has 0 saturated heterocycles. The molecule has 0 aliphatic rings. The first kappa shape index (κ1) is 12.7. The van der Waals surface area contributed by atoms with Crippen molar-refractivity contribution >= 4 is 24.2 Å². The van der Waals surface area contributed by atoms with Gasteiger partial charge in [-0.15, -0.1) is 0 Å². The highest BCUT2D eigenvalue weighted by Gasteiger charge is 2.12. The standard InChI is InChI=1S/C12H17ClOS/c1-9(2)10(8-15)7-14-12-5-3-4-11(13)6-12/h3-6,9-10,15H,7-8H2,1-2H3. The number of ether oxygens (including phenoxy) is 1. The van der Waals surface area contributed by atoms with Gasteiger partial charge in [-0.05, 0) is 29.9 Å². The molecular formula is C12H17ClOS. The van der Waals surface area contributed by atoms with E-state index in [1.807, 2.05) is 24.3 Å². The molecule has 0 aliphatic heterocycles. The molecule has 0 radical (unpaired) electrons. The minimum atomic E-state index is 0.479. The molecule has 0 bridgehead atoms. The second kappa shape index (κ2) is 6.29. The van der Waals surface area contributed by atoms with Crippen molar-refractivity contribution in [3.63, 3.8) is 0 Å². The number of benzene rings is 1. The smallest absolute Gasteiger partial charge is 0.120 e. The lowest BCUT2D eigenvalue weighted by atomic mass is 9.99. The topological polar surface area (TPSA) is 9.23 Å². The summed E-state index contributed by atoms with van der Waals surface area (Å²) in [5.41, 5.74) is 0. The van der Waals surface area contributed by atoms with Gasteiger partial charge in [-0.25, -0.2) is 0 Å². The first-order valence-corrected chi connectivity index (χ1v) is 6.13. The number of thiol groups is 1. The first-order chi connectivity index (χ1) is 7.13. The lowest BCUT2D eigenvalue weighted by Crippen LogP contribution is -2.19. The lowest BCUT2D eigenvalue weighted by molar-refractivity contribution is 0.227. The summed E-state index contributed by atoms with van der Waals surface area (Å²) in [6.45, 7) is 5.06. The molecule has 0 saturated carbocycles. The van der Waals surface area contributed by atoms with Gasteiger partial charge in [0.2, 0.25) is 0 Å². The Hall–Kier alpha value is -0.340. The maximum atomic E-state index is 5.86. The maximum Gasteiger partial charge on any atom is 0.120 e. The molecule has 0 spiro atoms. The van der Waals surface area contributed by atoms with Crippen LogP contribution in [-0.4, -0.2) is 12.4 Å². The van der Waals surface area contributed by atoms with E-state index >= 15 is 0 Å². The molecule has 84 valence electrons. The molecular weight excluding hydrogens is 228 g/mol. The van der Waals surface area contributed by atoms with Crippen LogP contribution in [0.3, 0.4) is 0 Å². The number of rotatable bonds is 5. The molecule has 3 heteroatoms.